The molecule has 0 spiro atoms. The number of hydrogen-bond acceptors (Lipinski definition) is 5. The number of hydrogen-bond donors (Lipinski definition) is 3. The molecule has 1 aromatic rings. The highest BCUT2D eigenvalue weighted by Gasteiger charge is 2.20. The van der Waals surface area contributed by atoms with Crippen LogP contribution in [-0.4, -0.2) is 34.7 Å². The summed E-state index contributed by atoms with van der Waals surface area (Å²) in [5.41, 5.74) is 5.23. The summed E-state index contributed by atoms with van der Waals surface area (Å²) in [6.07, 6.45) is 0.438. The molecule has 4 N–H and O–H groups in total. The standard InChI is InChI=1S/C13H22FN3O4S2.ClH/c1-9(2)22(18,19)17-13-5-4-11(8-12(13)14)23(20,21)16-7-6-10(3)15;/h4-5,8-10,16-17H,6-7,15H2,1-3H3;1H. The average Bonchev–Trinajstić information content (AvgIpc) is 2.39. The molecule has 0 aromatic heterocycles. The Kier molecular flexibility index (Phi) is 8.60. The van der Waals surface area contributed by atoms with E-state index in [1.165, 1.54) is 13.8 Å². The van der Waals surface area contributed by atoms with Gasteiger partial charge in [0.05, 0.1) is 15.8 Å². The van der Waals surface area contributed by atoms with Crippen LogP contribution in [-0.2, 0) is 20.0 Å². The van der Waals surface area contributed by atoms with Gasteiger partial charge in [-0.25, -0.2) is 25.9 Å². The predicted molar refractivity (Wildman–Crippen MR) is 94.8 cm³/mol. The van der Waals surface area contributed by atoms with Gasteiger partial charge in [-0.2, -0.15) is 0 Å². The van der Waals surface area contributed by atoms with Crippen molar-refractivity contribution in [2.75, 3.05) is 11.3 Å². The maximum atomic E-state index is 14.0. The van der Waals surface area contributed by atoms with Crippen LogP contribution in [0.5, 0.6) is 0 Å². The monoisotopic (exact) mass is 403 g/mol. The zero-order chi connectivity index (χ0) is 17.8. The molecule has 0 aliphatic carbocycles. The molecule has 0 amide bonds. The Morgan fingerprint density at radius 1 is 1.17 bits per heavy atom. The fourth-order valence-electron chi connectivity index (χ4n) is 1.52. The first-order chi connectivity index (χ1) is 10.5. The van der Waals surface area contributed by atoms with Gasteiger partial charge in [0.1, 0.15) is 5.82 Å². The highest BCUT2D eigenvalue weighted by Crippen LogP contribution is 2.21. The number of halogens is 2. The molecule has 24 heavy (non-hydrogen) atoms. The minimum absolute atomic E-state index is 0. The lowest BCUT2D eigenvalue weighted by Crippen LogP contribution is -2.29. The summed E-state index contributed by atoms with van der Waals surface area (Å²) in [4.78, 5) is -0.285. The molecule has 1 atom stereocenters. The highest BCUT2D eigenvalue weighted by atomic mass is 35.5. The van der Waals surface area contributed by atoms with Crippen molar-refractivity contribution in [1.29, 1.82) is 0 Å². The van der Waals surface area contributed by atoms with Gasteiger partial charge in [0.15, 0.2) is 0 Å². The molecule has 140 valence electrons. The molecule has 1 aromatic carbocycles. The van der Waals surface area contributed by atoms with Crippen molar-refractivity contribution in [2.45, 2.75) is 43.4 Å². The number of nitrogens with one attached hydrogen (secondary N) is 2. The second kappa shape index (κ2) is 8.95. The Balaban J connectivity index is 0.00000529. The molecule has 7 nitrogen and oxygen atoms in total. The van der Waals surface area contributed by atoms with Crippen molar-refractivity contribution >= 4 is 38.1 Å². The fourth-order valence-corrected chi connectivity index (χ4v) is 3.29. The summed E-state index contributed by atoms with van der Waals surface area (Å²) in [5.74, 6) is -0.968. The van der Waals surface area contributed by atoms with Gasteiger partial charge in [-0.05, 0) is 45.4 Å². The lowest BCUT2D eigenvalue weighted by molar-refractivity contribution is 0.569. The molecule has 0 aliphatic heterocycles. The third kappa shape index (κ3) is 6.52. The molecule has 1 rings (SSSR count). The first-order valence-electron chi connectivity index (χ1n) is 7.02. The van der Waals surface area contributed by atoms with Crippen LogP contribution in [0, 0.1) is 5.82 Å². The van der Waals surface area contributed by atoms with E-state index < -0.39 is 31.1 Å². The Labute approximate surface area is 148 Å². The van der Waals surface area contributed by atoms with Gasteiger partial charge in [0.25, 0.3) is 0 Å². The van der Waals surface area contributed by atoms with Crippen LogP contribution in [0.4, 0.5) is 10.1 Å². The zero-order valence-corrected chi connectivity index (χ0v) is 16.1. The SMILES string of the molecule is CC(N)CCNS(=O)(=O)c1ccc(NS(=O)(=O)C(C)C)c(F)c1.Cl. The van der Waals surface area contributed by atoms with Gasteiger partial charge in [0.2, 0.25) is 20.0 Å². The van der Waals surface area contributed by atoms with E-state index in [1.54, 1.807) is 6.92 Å². The van der Waals surface area contributed by atoms with Crippen molar-refractivity contribution in [3.8, 4) is 0 Å². The molecule has 0 radical (unpaired) electrons. The molecule has 0 heterocycles. The van der Waals surface area contributed by atoms with Gasteiger partial charge in [-0.3, -0.25) is 4.72 Å². The third-order valence-corrected chi connectivity index (χ3v) is 6.22. The van der Waals surface area contributed by atoms with E-state index in [0.717, 1.165) is 18.2 Å². The lowest BCUT2D eigenvalue weighted by Gasteiger charge is -2.13. The smallest absolute Gasteiger partial charge is 0.240 e. The summed E-state index contributed by atoms with van der Waals surface area (Å²) in [6.45, 7) is 4.76. The summed E-state index contributed by atoms with van der Waals surface area (Å²) in [7, 11) is -7.59. The lowest BCUT2D eigenvalue weighted by atomic mass is 10.3. The van der Waals surface area contributed by atoms with Crippen LogP contribution in [0.1, 0.15) is 27.2 Å². The second-order valence-electron chi connectivity index (χ2n) is 5.50. The number of sulfonamides is 2. The minimum atomic E-state index is -3.88. The molecule has 11 heteroatoms. The Bertz CT molecular complexity index is 752. The third-order valence-electron chi connectivity index (χ3n) is 3.02. The van der Waals surface area contributed by atoms with Crippen LogP contribution in [0.25, 0.3) is 0 Å². The van der Waals surface area contributed by atoms with Crippen molar-refractivity contribution in [1.82, 2.24) is 4.72 Å². The number of nitrogens with two attached hydrogens (primary N) is 1. The summed E-state index contributed by atoms with van der Waals surface area (Å²) >= 11 is 0. The molecular weight excluding hydrogens is 381 g/mol. The molecule has 0 saturated heterocycles. The second-order valence-corrected chi connectivity index (χ2v) is 9.51. The van der Waals surface area contributed by atoms with Crippen molar-refractivity contribution < 1.29 is 21.2 Å². The van der Waals surface area contributed by atoms with Crippen molar-refractivity contribution in [2.24, 2.45) is 5.73 Å². The topological polar surface area (TPSA) is 118 Å². The van der Waals surface area contributed by atoms with Gasteiger partial charge in [-0.15, -0.1) is 12.4 Å². The first kappa shape index (κ1) is 23.1. The molecule has 0 fully saturated rings. The maximum absolute atomic E-state index is 14.0. The average molecular weight is 404 g/mol. The molecule has 0 saturated carbocycles. The Morgan fingerprint density at radius 3 is 2.21 bits per heavy atom. The van der Waals surface area contributed by atoms with E-state index in [-0.39, 0.29) is 35.6 Å². The van der Waals surface area contributed by atoms with Crippen LogP contribution >= 0.6 is 12.4 Å². The number of anilines is 1. The van der Waals surface area contributed by atoms with E-state index in [0.29, 0.717) is 6.42 Å². The largest absolute Gasteiger partial charge is 0.328 e. The summed E-state index contributed by atoms with van der Waals surface area (Å²) in [6, 6.07) is 2.82. The van der Waals surface area contributed by atoms with Gasteiger partial charge in [0, 0.05) is 12.6 Å². The van der Waals surface area contributed by atoms with Crippen LogP contribution in [0.15, 0.2) is 23.1 Å². The predicted octanol–water partition coefficient (Wildman–Crippen LogP) is 1.41. The minimum Gasteiger partial charge on any atom is -0.328 e. The van der Waals surface area contributed by atoms with E-state index >= 15 is 0 Å². The van der Waals surface area contributed by atoms with Gasteiger partial charge in [-0.1, -0.05) is 0 Å². The number of rotatable bonds is 8. The first-order valence-corrected chi connectivity index (χ1v) is 10.0. The quantitative estimate of drug-likeness (QED) is 0.606. The molecule has 0 aliphatic rings. The molecule has 0 bridgehead atoms. The Morgan fingerprint density at radius 2 is 1.75 bits per heavy atom. The summed E-state index contributed by atoms with van der Waals surface area (Å²) in [5, 5.41) is -0.745. The van der Waals surface area contributed by atoms with Crippen LogP contribution < -0.4 is 15.2 Å². The van der Waals surface area contributed by atoms with Gasteiger partial charge < -0.3 is 5.73 Å². The fraction of sp³-hybridized carbons (Fsp3) is 0.538. The van der Waals surface area contributed by atoms with E-state index in [4.69, 9.17) is 5.73 Å². The van der Waals surface area contributed by atoms with E-state index in [2.05, 4.69) is 9.44 Å². The van der Waals surface area contributed by atoms with Crippen LogP contribution in [0.2, 0.25) is 0 Å². The zero-order valence-electron chi connectivity index (χ0n) is 13.6. The van der Waals surface area contributed by atoms with Gasteiger partial charge >= 0.3 is 0 Å². The molecular formula is C13H23ClFN3O4S2. The number of benzene rings is 1. The Hall–Kier alpha value is -0.940. The summed E-state index contributed by atoms with van der Waals surface area (Å²) < 4.78 is 65.8. The van der Waals surface area contributed by atoms with Crippen molar-refractivity contribution in [3.05, 3.63) is 24.0 Å². The maximum Gasteiger partial charge on any atom is 0.240 e. The van der Waals surface area contributed by atoms with Crippen LogP contribution in [0.3, 0.4) is 0 Å². The van der Waals surface area contributed by atoms with E-state index in [1.807, 2.05) is 0 Å². The molecule has 1 unspecified atom stereocenters. The van der Waals surface area contributed by atoms with Crippen molar-refractivity contribution in [3.63, 3.8) is 0 Å². The van der Waals surface area contributed by atoms with E-state index in [9.17, 15) is 21.2 Å². The normalized spacial score (nSPS) is 13.4. The highest BCUT2D eigenvalue weighted by molar-refractivity contribution is 7.93.